The van der Waals surface area contributed by atoms with Crippen LogP contribution in [0, 0.1) is 5.92 Å². The van der Waals surface area contributed by atoms with Gasteiger partial charge in [-0.1, -0.05) is 43.0 Å². The Morgan fingerprint density at radius 2 is 1.24 bits per heavy atom. The third-order valence-corrected chi connectivity index (χ3v) is 10.5. The van der Waals surface area contributed by atoms with E-state index in [2.05, 4.69) is 41.9 Å². The summed E-state index contributed by atoms with van der Waals surface area (Å²) in [6.45, 7) is 6.26. The van der Waals surface area contributed by atoms with E-state index in [-0.39, 0.29) is 45.6 Å². The standard InChI is InChI=1S/C38H52Cl2N10O6S2/c1-4-6-7-10-32(53)47-27-18-25(39)20-29(34(27)57-15-13-43-22-51)49-36(55)24(3)17-31(45-5-2)37(56)50-30-21-26(40)19-28(35(30)58-16-14-44-23-52)48-33(54)11-8-9-12-46-38(41)42/h5,17-24H,4,6-16H2,1-3H3,(H,43,51)(H,44,52)(H,47,53)(H,48,54)(H,49,55)(H,50,56)(H4,41,42,46)/b31-17-,45-5?. The Morgan fingerprint density at radius 1 is 0.759 bits per heavy atom. The Kier molecular flexibility index (Phi) is 23.6. The van der Waals surface area contributed by atoms with E-state index in [1.807, 2.05) is 6.92 Å². The number of carbonyl (C=O) groups excluding carboxylic acids is 6. The lowest BCUT2D eigenvalue weighted by Gasteiger charge is -2.19. The second-order valence-electron chi connectivity index (χ2n) is 12.5. The molecule has 0 radical (unpaired) electrons. The smallest absolute Gasteiger partial charge is 0.273 e. The molecule has 1 atom stereocenters. The molecule has 2 aromatic carbocycles. The first-order chi connectivity index (χ1) is 27.8. The minimum atomic E-state index is -0.908. The van der Waals surface area contributed by atoms with Gasteiger partial charge in [-0.2, -0.15) is 0 Å². The molecular weight excluding hydrogens is 828 g/mol. The number of halogens is 2. The van der Waals surface area contributed by atoms with Crippen molar-refractivity contribution in [3.63, 3.8) is 0 Å². The number of anilines is 4. The number of hydrogen-bond acceptors (Lipinski definition) is 10. The van der Waals surface area contributed by atoms with Gasteiger partial charge < -0.3 is 43.4 Å². The highest BCUT2D eigenvalue weighted by atomic mass is 35.5. The van der Waals surface area contributed by atoms with Crippen molar-refractivity contribution < 1.29 is 28.8 Å². The fourth-order valence-electron chi connectivity index (χ4n) is 5.04. The number of rotatable bonds is 27. The third kappa shape index (κ3) is 18.7. The van der Waals surface area contributed by atoms with Crippen molar-refractivity contribution in [2.45, 2.75) is 75.5 Å². The number of carbonyl (C=O) groups is 6. The van der Waals surface area contributed by atoms with Gasteiger partial charge in [-0.25, -0.2) is 0 Å². The molecule has 0 spiro atoms. The van der Waals surface area contributed by atoms with E-state index >= 15 is 0 Å². The highest BCUT2D eigenvalue weighted by molar-refractivity contribution is 7.99. The summed E-state index contributed by atoms with van der Waals surface area (Å²) in [7, 11) is 0. The number of hydrogen-bond donors (Lipinski definition) is 8. The van der Waals surface area contributed by atoms with Crippen LogP contribution in [0.1, 0.15) is 65.7 Å². The van der Waals surface area contributed by atoms with Crippen LogP contribution in [0.3, 0.4) is 0 Å². The fraction of sp³-hybridized carbons (Fsp3) is 0.421. The molecule has 2 aromatic rings. The molecule has 0 aromatic heterocycles. The van der Waals surface area contributed by atoms with Gasteiger partial charge in [0, 0.05) is 60.2 Å². The number of benzene rings is 2. The first kappa shape index (κ1) is 49.4. The van der Waals surface area contributed by atoms with Crippen LogP contribution in [-0.2, 0) is 28.8 Å². The number of thioether (sulfide) groups is 2. The molecule has 0 aliphatic rings. The zero-order valence-corrected chi connectivity index (χ0v) is 35.9. The summed E-state index contributed by atoms with van der Waals surface area (Å²) in [6, 6.07) is 6.23. The molecule has 6 amide bonds. The van der Waals surface area contributed by atoms with Crippen LogP contribution in [0.15, 0.2) is 55.8 Å². The maximum absolute atomic E-state index is 13.8. The van der Waals surface area contributed by atoms with Crippen LogP contribution >= 0.6 is 46.7 Å². The molecule has 20 heteroatoms. The number of nitrogens with one attached hydrogen (secondary N) is 6. The van der Waals surface area contributed by atoms with E-state index < -0.39 is 17.7 Å². The monoisotopic (exact) mass is 878 g/mol. The van der Waals surface area contributed by atoms with Gasteiger partial charge in [0.1, 0.15) is 5.70 Å². The van der Waals surface area contributed by atoms with Crippen LogP contribution < -0.4 is 43.4 Å². The van der Waals surface area contributed by atoms with E-state index in [1.54, 1.807) is 32.0 Å². The van der Waals surface area contributed by atoms with Gasteiger partial charge in [-0.3, -0.25) is 38.8 Å². The normalized spacial score (nSPS) is 11.6. The van der Waals surface area contributed by atoms with E-state index in [1.165, 1.54) is 41.9 Å². The minimum Gasteiger partial charge on any atom is -0.370 e. The molecule has 0 saturated carbocycles. The summed E-state index contributed by atoms with van der Waals surface area (Å²) in [5.74, 6) is -1.79. The van der Waals surface area contributed by atoms with Gasteiger partial charge in [0.2, 0.25) is 30.5 Å². The molecule has 2 rings (SSSR count). The predicted octanol–water partition coefficient (Wildman–Crippen LogP) is 5.76. The quantitative estimate of drug-likeness (QED) is 0.0135. The van der Waals surface area contributed by atoms with E-state index in [0.717, 1.165) is 19.3 Å². The number of unbranched alkanes of at least 4 members (excludes halogenated alkanes) is 3. The Bertz CT molecular complexity index is 1830. The van der Waals surface area contributed by atoms with Crippen LogP contribution in [0.25, 0.3) is 0 Å². The topological polar surface area (TPSA) is 251 Å². The van der Waals surface area contributed by atoms with Gasteiger partial charge in [0.05, 0.1) is 38.5 Å². The summed E-state index contributed by atoms with van der Waals surface area (Å²) >= 11 is 15.5. The largest absolute Gasteiger partial charge is 0.370 e. The fourth-order valence-corrected chi connectivity index (χ4v) is 7.39. The Balaban J connectivity index is 2.39. The zero-order valence-electron chi connectivity index (χ0n) is 32.8. The van der Waals surface area contributed by atoms with Crippen LogP contribution in [-0.4, -0.2) is 79.8 Å². The molecule has 1 unspecified atom stereocenters. The highest BCUT2D eigenvalue weighted by Crippen LogP contribution is 2.39. The summed E-state index contributed by atoms with van der Waals surface area (Å²) < 4.78 is 0. The molecule has 16 nitrogen and oxygen atoms in total. The van der Waals surface area contributed by atoms with Gasteiger partial charge >= 0.3 is 0 Å². The van der Waals surface area contributed by atoms with Gasteiger partial charge in [0.15, 0.2) is 5.96 Å². The van der Waals surface area contributed by atoms with Crippen LogP contribution in [0.5, 0.6) is 0 Å². The highest BCUT2D eigenvalue weighted by Gasteiger charge is 2.22. The van der Waals surface area contributed by atoms with Crippen molar-refractivity contribution in [2.24, 2.45) is 27.4 Å². The first-order valence-corrected chi connectivity index (χ1v) is 21.3. The molecule has 0 fully saturated rings. The average Bonchev–Trinajstić information content (AvgIpc) is 3.16. The lowest BCUT2D eigenvalue weighted by atomic mass is 10.1. The van der Waals surface area contributed by atoms with Crippen molar-refractivity contribution >= 4 is 118 Å². The van der Waals surface area contributed by atoms with Crippen LogP contribution in [0.4, 0.5) is 22.7 Å². The molecular formula is C38H52Cl2N10O6S2. The average molecular weight is 880 g/mol. The Labute approximate surface area is 357 Å². The second-order valence-corrected chi connectivity index (χ2v) is 15.6. The molecule has 10 N–H and O–H groups in total. The van der Waals surface area contributed by atoms with E-state index in [4.69, 9.17) is 34.7 Å². The first-order valence-electron chi connectivity index (χ1n) is 18.6. The third-order valence-electron chi connectivity index (χ3n) is 7.75. The second kappa shape index (κ2) is 27.8. The number of nitrogens with zero attached hydrogens (tertiary/aromatic N) is 2. The summed E-state index contributed by atoms with van der Waals surface area (Å²) in [5.41, 5.74) is 12.0. The number of aliphatic imine (C=N–C) groups is 2. The molecule has 0 bridgehead atoms. The summed E-state index contributed by atoms with van der Waals surface area (Å²) in [6.07, 6.45) is 8.11. The van der Waals surface area contributed by atoms with Gasteiger partial charge in [-0.15, -0.1) is 23.5 Å². The lowest BCUT2D eigenvalue weighted by molar-refractivity contribution is -0.118. The maximum Gasteiger partial charge on any atom is 0.273 e. The molecule has 0 saturated heterocycles. The molecule has 0 heterocycles. The zero-order chi connectivity index (χ0) is 42.9. The predicted molar refractivity (Wildman–Crippen MR) is 237 cm³/mol. The van der Waals surface area contributed by atoms with Crippen LogP contribution in [0.2, 0.25) is 10.0 Å². The van der Waals surface area contributed by atoms with Crippen molar-refractivity contribution in [1.82, 2.24) is 10.6 Å². The SMILES string of the molecule is CC=N/C(=C\C(C)C(=O)Nc1cc(Cl)cc(NC(=O)CCCCC)c1SCCNC=O)C(=O)Nc1cc(Cl)cc(NC(=O)CCCCN=C(N)N)c1SCCNC=O. The number of guanidine groups is 1. The Hall–Kier alpha value is -4.78. The molecule has 58 heavy (non-hydrogen) atoms. The van der Waals surface area contributed by atoms with Crippen molar-refractivity contribution in [2.75, 3.05) is 52.4 Å². The summed E-state index contributed by atoms with van der Waals surface area (Å²) in [4.78, 5) is 84.1. The van der Waals surface area contributed by atoms with E-state index in [9.17, 15) is 28.8 Å². The summed E-state index contributed by atoms with van der Waals surface area (Å²) in [5, 5.41) is 17.1. The van der Waals surface area contributed by atoms with E-state index in [0.29, 0.717) is 90.1 Å². The number of amides is 6. The van der Waals surface area contributed by atoms with Crippen molar-refractivity contribution in [1.29, 1.82) is 0 Å². The lowest BCUT2D eigenvalue weighted by Crippen LogP contribution is -2.23. The molecule has 0 aliphatic heterocycles. The number of nitrogens with two attached hydrogens (primary N) is 2. The van der Waals surface area contributed by atoms with Crippen molar-refractivity contribution in [3.8, 4) is 0 Å². The van der Waals surface area contributed by atoms with Crippen molar-refractivity contribution in [3.05, 3.63) is 46.1 Å². The van der Waals surface area contributed by atoms with Gasteiger partial charge in [0.25, 0.3) is 5.91 Å². The minimum absolute atomic E-state index is 0.0262. The Morgan fingerprint density at radius 3 is 1.71 bits per heavy atom. The maximum atomic E-state index is 13.8. The molecule has 0 aliphatic carbocycles. The van der Waals surface area contributed by atoms with Gasteiger partial charge in [-0.05, 0) is 63.5 Å². The molecule has 316 valence electrons.